The highest BCUT2D eigenvalue weighted by molar-refractivity contribution is 7.16. The SMILES string of the molecule is Cc1sc(NC(=O)C2C(C)(C)C2(C)C)c(C(N)=O)c1C. The molecule has 5 heteroatoms. The molecule has 1 aromatic heterocycles. The fraction of sp³-hybridized carbons (Fsp3) is 0.600. The minimum atomic E-state index is -0.489. The molecule has 0 aromatic carbocycles. The summed E-state index contributed by atoms with van der Waals surface area (Å²) in [5.74, 6) is -0.557. The van der Waals surface area contributed by atoms with Gasteiger partial charge in [-0.3, -0.25) is 9.59 Å². The predicted octanol–water partition coefficient (Wildman–Crippen LogP) is 3.08. The average molecular weight is 294 g/mol. The molecule has 4 nitrogen and oxygen atoms in total. The number of carbonyl (C=O) groups excluding carboxylic acids is 2. The molecule has 0 spiro atoms. The van der Waals surface area contributed by atoms with Gasteiger partial charge in [0.15, 0.2) is 0 Å². The Morgan fingerprint density at radius 3 is 2.05 bits per heavy atom. The maximum Gasteiger partial charge on any atom is 0.251 e. The molecule has 1 aromatic rings. The summed E-state index contributed by atoms with van der Waals surface area (Å²) in [6, 6.07) is 0. The van der Waals surface area contributed by atoms with E-state index in [4.69, 9.17) is 5.73 Å². The molecule has 0 aliphatic heterocycles. The molecule has 0 radical (unpaired) electrons. The van der Waals surface area contributed by atoms with Gasteiger partial charge < -0.3 is 11.1 Å². The van der Waals surface area contributed by atoms with E-state index in [1.807, 2.05) is 13.8 Å². The van der Waals surface area contributed by atoms with Crippen LogP contribution in [0.5, 0.6) is 0 Å². The summed E-state index contributed by atoms with van der Waals surface area (Å²) in [5, 5.41) is 3.49. The third kappa shape index (κ3) is 1.95. The van der Waals surface area contributed by atoms with Crippen LogP contribution in [0.25, 0.3) is 0 Å². The van der Waals surface area contributed by atoms with Gasteiger partial charge in [0.2, 0.25) is 5.91 Å². The first kappa shape index (κ1) is 15.0. The van der Waals surface area contributed by atoms with Crippen molar-refractivity contribution in [1.82, 2.24) is 0 Å². The Morgan fingerprint density at radius 1 is 1.15 bits per heavy atom. The summed E-state index contributed by atoms with van der Waals surface area (Å²) in [7, 11) is 0. The molecule has 0 saturated heterocycles. The van der Waals surface area contributed by atoms with Crippen LogP contribution in [0.3, 0.4) is 0 Å². The number of rotatable bonds is 3. The maximum absolute atomic E-state index is 12.4. The molecular weight excluding hydrogens is 272 g/mol. The number of hydrogen-bond acceptors (Lipinski definition) is 3. The molecule has 1 fully saturated rings. The number of anilines is 1. The Kier molecular flexibility index (Phi) is 3.25. The van der Waals surface area contributed by atoms with E-state index in [0.29, 0.717) is 10.6 Å². The Labute approximate surface area is 123 Å². The summed E-state index contributed by atoms with van der Waals surface area (Å²) in [5.41, 5.74) is 6.67. The van der Waals surface area contributed by atoms with Gasteiger partial charge in [-0.05, 0) is 30.2 Å². The fourth-order valence-corrected chi connectivity index (χ4v) is 4.12. The van der Waals surface area contributed by atoms with Crippen LogP contribution >= 0.6 is 11.3 Å². The van der Waals surface area contributed by atoms with Crippen LogP contribution in [0.4, 0.5) is 5.00 Å². The van der Waals surface area contributed by atoms with E-state index in [-0.39, 0.29) is 22.7 Å². The van der Waals surface area contributed by atoms with Crippen molar-refractivity contribution < 1.29 is 9.59 Å². The molecule has 1 aliphatic carbocycles. The van der Waals surface area contributed by atoms with Crippen molar-refractivity contribution in [1.29, 1.82) is 0 Å². The molecule has 2 rings (SSSR count). The van der Waals surface area contributed by atoms with Crippen molar-refractivity contribution in [2.75, 3.05) is 5.32 Å². The number of nitrogens with one attached hydrogen (secondary N) is 1. The van der Waals surface area contributed by atoms with Crippen LogP contribution in [-0.4, -0.2) is 11.8 Å². The van der Waals surface area contributed by atoms with E-state index in [2.05, 4.69) is 33.0 Å². The van der Waals surface area contributed by atoms with Crippen molar-refractivity contribution in [3.05, 3.63) is 16.0 Å². The van der Waals surface area contributed by atoms with Crippen LogP contribution in [0.1, 0.15) is 48.5 Å². The lowest BCUT2D eigenvalue weighted by molar-refractivity contribution is -0.118. The van der Waals surface area contributed by atoms with E-state index < -0.39 is 5.91 Å². The lowest BCUT2D eigenvalue weighted by Gasteiger charge is -2.06. The van der Waals surface area contributed by atoms with Gasteiger partial charge in [0.1, 0.15) is 5.00 Å². The highest BCUT2D eigenvalue weighted by Crippen LogP contribution is 2.68. The number of thiophene rings is 1. The second-order valence-electron chi connectivity index (χ2n) is 6.72. The number of hydrogen-bond donors (Lipinski definition) is 2. The molecule has 110 valence electrons. The van der Waals surface area contributed by atoms with Crippen molar-refractivity contribution in [3.63, 3.8) is 0 Å². The summed E-state index contributed by atoms with van der Waals surface area (Å²) in [6.45, 7) is 12.2. The standard InChI is InChI=1S/C15H22N2O2S/c1-7-8(2)20-13(9(7)11(16)18)17-12(19)10-14(3,4)15(10,5)6/h10H,1-6H3,(H2,16,18)(H,17,19). The number of aryl methyl sites for hydroxylation is 1. The number of amides is 2. The quantitative estimate of drug-likeness (QED) is 0.899. The van der Waals surface area contributed by atoms with Crippen molar-refractivity contribution in [2.45, 2.75) is 41.5 Å². The van der Waals surface area contributed by atoms with Crippen LogP contribution in [0.15, 0.2) is 0 Å². The van der Waals surface area contributed by atoms with E-state index in [9.17, 15) is 9.59 Å². The number of nitrogens with two attached hydrogens (primary N) is 1. The molecule has 3 N–H and O–H groups in total. The first-order valence-electron chi connectivity index (χ1n) is 6.72. The molecule has 1 aliphatic rings. The number of carbonyl (C=O) groups is 2. The zero-order valence-corrected chi connectivity index (χ0v) is 13.7. The van der Waals surface area contributed by atoms with Gasteiger partial charge in [0.05, 0.1) is 5.56 Å². The minimum Gasteiger partial charge on any atom is -0.365 e. The fourth-order valence-electron chi connectivity index (χ4n) is 3.05. The van der Waals surface area contributed by atoms with E-state index in [1.54, 1.807) is 0 Å². The highest BCUT2D eigenvalue weighted by Gasteiger charge is 2.68. The lowest BCUT2D eigenvalue weighted by atomic mass is 10.0. The third-order valence-corrected chi connectivity index (χ3v) is 6.27. The van der Waals surface area contributed by atoms with Crippen LogP contribution in [0, 0.1) is 30.6 Å². The van der Waals surface area contributed by atoms with Crippen molar-refractivity contribution in [3.8, 4) is 0 Å². The molecule has 2 amide bonds. The Hall–Kier alpha value is -1.36. The Bertz CT molecular complexity index is 585. The van der Waals surface area contributed by atoms with Crippen LogP contribution < -0.4 is 11.1 Å². The van der Waals surface area contributed by atoms with Gasteiger partial charge in [-0.1, -0.05) is 27.7 Å². The molecule has 0 bridgehead atoms. The second-order valence-corrected chi connectivity index (χ2v) is 7.94. The van der Waals surface area contributed by atoms with Crippen molar-refractivity contribution >= 4 is 28.2 Å². The average Bonchev–Trinajstić information content (AvgIpc) is 2.52. The summed E-state index contributed by atoms with van der Waals surface area (Å²) < 4.78 is 0. The van der Waals surface area contributed by atoms with Crippen LogP contribution in [-0.2, 0) is 4.79 Å². The molecule has 1 saturated carbocycles. The van der Waals surface area contributed by atoms with Gasteiger partial charge in [-0.2, -0.15) is 0 Å². The van der Waals surface area contributed by atoms with Crippen molar-refractivity contribution in [2.24, 2.45) is 22.5 Å². The lowest BCUT2D eigenvalue weighted by Crippen LogP contribution is -2.20. The molecule has 0 unspecified atom stereocenters. The minimum absolute atomic E-state index is 0.0225. The van der Waals surface area contributed by atoms with E-state index >= 15 is 0 Å². The maximum atomic E-state index is 12.4. The van der Waals surface area contributed by atoms with Gasteiger partial charge in [0.25, 0.3) is 5.91 Å². The van der Waals surface area contributed by atoms with Gasteiger partial charge in [-0.15, -0.1) is 11.3 Å². The van der Waals surface area contributed by atoms with Gasteiger partial charge in [-0.25, -0.2) is 0 Å². The second kappa shape index (κ2) is 4.32. The molecule has 1 heterocycles. The van der Waals surface area contributed by atoms with Crippen LogP contribution in [0.2, 0.25) is 0 Å². The molecule has 0 atom stereocenters. The summed E-state index contributed by atoms with van der Waals surface area (Å²) >= 11 is 1.41. The summed E-state index contributed by atoms with van der Waals surface area (Å²) in [4.78, 5) is 25.0. The Morgan fingerprint density at radius 2 is 1.65 bits per heavy atom. The largest absolute Gasteiger partial charge is 0.365 e. The first-order chi connectivity index (χ1) is 9.01. The van der Waals surface area contributed by atoms with Gasteiger partial charge >= 0.3 is 0 Å². The zero-order chi connectivity index (χ0) is 15.5. The highest BCUT2D eigenvalue weighted by atomic mass is 32.1. The zero-order valence-electron chi connectivity index (χ0n) is 12.9. The topological polar surface area (TPSA) is 72.2 Å². The third-order valence-electron chi connectivity index (χ3n) is 5.15. The smallest absolute Gasteiger partial charge is 0.251 e. The first-order valence-corrected chi connectivity index (χ1v) is 7.54. The normalized spacial score (nSPS) is 19.7. The van der Waals surface area contributed by atoms with E-state index in [1.165, 1.54) is 11.3 Å². The monoisotopic (exact) mass is 294 g/mol. The summed E-state index contributed by atoms with van der Waals surface area (Å²) in [6.07, 6.45) is 0. The molecular formula is C15H22N2O2S. The predicted molar refractivity (Wildman–Crippen MR) is 82.0 cm³/mol. The molecule has 20 heavy (non-hydrogen) atoms. The van der Waals surface area contributed by atoms with E-state index in [0.717, 1.165) is 10.4 Å². The number of primary amides is 1. The Balaban J connectivity index is 2.27. The van der Waals surface area contributed by atoms with Gasteiger partial charge in [0, 0.05) is 10.8 Å².